The van der Waals surface area contributed by atoms with Gasteiger partial charge in [0.05, 0.1) is 17.6 Å². The Balaban J connectivity index is 0.000000159. The molecule has 8 aromatic rings. The Morgan fingerprint density at radius 3 is 1.44 bits per heavy atom. The number of rotatable bonds is 13. The number of allylic oxidation sites excluding steroid dienone is 2. The fourth-order valence-electron chi connectivity index (χ4n) is 11.6. The maximum absolute atomic E-state index is 8.49. The Morgan fingerprint density at radius 2 is 1.03 bits per heavy atom. The van der Waals surface area contributed by atoms with Gasteiger partial charge in [0.1, 0.15) is 30.1 Å². The Kier molecular flexibility index (Phi) is 25.7. The zero-order chi connectivity index (χ0) is 64.8. The van der Waals surface area contributed by atoms with Gasteiger partial charge in [0, 0.05) is 91.9 Å². The van der Waals surface area contributed by atoms with Gasteiger partial charge in [-0.25, -0.2) is 15.8 Å². The van der Waals surface area contributed by atoms with E-state index in [1.165, 1.54) is 74.0 Å². The first-order valence-corrected chi connectivity index (χ1v) is 37.4. The van der Waals surface area contributed by atoms with E-state index in [1.54, 1.807) is 30.2 Å². The molecule has 4 aromatic heterocycles. The summed E-state index contributed by atoms with van der Waals surface area (Å²) in [6, 6.07) is 35.1. The molecule has 2 atom stereocenters. The predicted molar refractivity (Wildman–Crippen MR) is 379 cm³/mol. The molecule has 475 valence electrons. The molecule has 19 heteroatoms. The van der Waals surface area contributed by atoms with Crippen molar-refractivity contribution in [3.63, 3.8) is 0 Å². The van der Waals surface area contributed by atoms with Crippen LogP contribution in [0.15, 0.2) is 164 Å². The van der Waals surface area contributed by atoms with Crippen LogP contribution in [0.5, 0.6) is 5.75 Å². The molecule has 0 spiro atoms. The Hall–Kier alpha value is -5.05. The van der Waals surface area contributed by atoms with Gasteiger partial charge >= 0.3 is 42.7 Å². The van der Waals surface area contributed by atoms with Crippen LogP contribution < -0.4 is 25.1 Å². The summed E-state index contributed by atoms with van der Waals surface area (Å²) in [6.07, 6.45) is 23.5. The van der Waals surface area contributed by atoms with Gasteiger partial charge in [-0.1, -0.05) is 111 Å². The summed E-state index contributed by atoms with van der Waals surface area (Å²) in [5.74, 6) is 2.65. The third-order valence-electron chi connectivity index (χ3n) is 16.1. The van der Waals surface area contributed by atoms with Crippen LogP contribution in [0.4, 0.5) is 11.4 Å². The standard InChI is InChI=1S/C20H18N4.2C15H25NP.C10H11BNO2.C10H8BrN3.2ClH.Pd/c1-2-20(7-8-20)17-10-16(11-21-12-17)14-3-5-18-15(9-14)4-6-19-23-22-13-24(18)19;2*1-12(2)17(15(3,4)5)14-10-8-13(9-11-14)16(6)7;1-2-10(3-4-10)8-5-9(14-11-13)7-12-6-8;11-8-2-3-9-7(5-8)1-4-10-13-12-6-14(9)10;;;/h2-3,5,9-13H,1,4,6-8H2;2*8-11H,1-7H3;2,5-7,13H,1,3-4H2;2-3,5-6H,1,4H2;2*1H;/q;2*-1;;;;;+2/p-2. The number of hydrogen-bond donors (Lipinski definition) is 1. The summed E-state index contributed by atoms with van der Waals surface area (Å²) >= 11 is 3.38. The molecule has 1 radical (unpaired) electrons. The van der Waals surface area contributed by atoms with Crippen molar-refractivity contribution >= 4 is 80.5 Å². The number of halogens is 3. The van der Waals surface area contributed by atoms with Gasteiger partial charge in [0.25, 0.3) is 0 Å². The van der Waals surface area contributed by atoms with Gasteiger partial charge in [-0.15, -0.1) is 33.6 Å². The summed E-state index contributed by atoms with van der Waals surface area (Å²) in [5.41, 5.74) is 15.8. The molecule has 2 saturated carbocycles. The molecule has 6 heterocycles. The number of hydrogen-bond acceptors (Lipinski definition) is 10. The Morgan fingerprint density at radius 1 is 0.607 bits per heavy atom. The number of aromatic nitrogens is 8. The number of fused-ring (bicyclic) bond motifs is 6. The molecule has 89 heavy (non-hydrogen) atoms. The van der Waals surface area contributed by atoms with E-state index in [0.717, 1.165) is 60.2 Å². The quantitative estimate of drug-likeness (QED) is 0.0517. The van der Waals surface area contributed by atoms with E-state index in [9.17, 15) is 0 Å². The monoisotopic (exact) mass is 1430 g/mol. The van der Waals surface area contributed by atoms with Crippen LogP contribution in [0.1, 0.15) is 129 Å². The van der Waals surface area contributed by atoms with Gasteiger partial charge in [-0.05, 0) is 143 Å². The van der Waals surface area contributed by atoms with Crippen LogP contribution >= 0.6 is 50.8 Å². The van der Waals surface area contributed by atoms with Crippen LogP contribution in [-0.4, -0.2) is 90.7 Å². The fraction of sp³-hybridized carbons (Fsp3) is 0.371. The first kappa shape index (κ1) is 71.4. The molecule has 4 aromatic carbocycles. The fourth-order valence-corrected chi connectivity index (χ4v) is 18.1. The maximum atomic E-state index is 8.49. The van der Waals surface area contributed by atoms with Crippen molar-refractivity contribution in [2.45, 2.75) is 142 Å². The third-order valence-corrected chi connectivity index (χ3v) is 22.7. The topological polar surface area (TPSA) is 123 Å². The van der Waals surface area contributed by atoms with E-state index in [4.69, 9.17) is 28.7 Å². The van der Waals surface area contributed by atoms with Crippen molar-refractivity contribution in [2.24, 2.45) is 0 Å². The first-order chi connectivity index (χ1) is 42.3. The minimum atomic E-state index is -0.189. The average molecular weight is 1430 g/mol. The molecule has 0 bridgehead atoms. The molecule has 2 aliphatic heterocycles. The summed E-state index contributed by atoms with van der Waals surface area (Å²) in [7, 11) is 18.2. The van der Waals surface area contributed by atoms with Crippen LogP contribution in [0.3, 0.4) is 0 Å². The van der Waals surface area contributed by atoms with Crippen molar-refractivity contribution in [1.29, 1.82) is 0 Å². The average Bonchev–Trinajstić information content (AvgIpc) is 3.66. The minimum absolute atomic E-state index is 0.0990. The van der Waals surface area contributed by atoms with Gasteiger partial charge in [-0.3, -0.25) is 30.4 Å². The zero-order valence-corrected chi connectivity index (χ0v) is 60.6. The number of pyridine rings is 2. The molecular weight excluding hydrogens is 1340 g/mol. The van der Waals surface area contributed by atoms with Crippen molar-refractivity contribution < 1.29 is 25.6 Å². The van der Waals surface area contributed by atoms with Crippen molar-refractivity contribution in [2.75, 3.05) is 38.0 Å². The molecule has 4 aliphatic rings. The molecule has 0 saturated heterocycles. The van der Waals surface area contributed by atoms with E-state index in [1.807, 2.05) is 36.8 Å². The summed E-state index contributed by atoms with van der Waals surface area (Å²) in [5, 5.41) is 28.4. The summed E-state index contributed by atoms with van der Waals surface area (Å²) < 4.78 is 10.1. The molecule has 12 nitrogen and oxygen atoms in total. The van der Waals surface area contributed by atoms with Crippen LogP contribution in [0.2, 0.25) is 0 Å². The van der Waals surface area contributed by atoms with E-state index >= 15 is 0 Å². The van der Waals surface area contributed by atoms with Crippen LogP contribution in [0.25, 0.3) is 22.5 Å². The SMILES string of the molecule is Brc1ccc2c(c1)CCc1nncn1-2.C=CC1(c2cncc(-c3ccc4c(c3)CCc3nncn3-4)c2)CC1.C=CC1(c2cncc(O[B]O)c2)CC1.C[C-](C)P(c1ccc(N(C)C)cc1)C(C)(C)C.C[C-](C)P(c1ccc(N(C)C)cc1)C(C)(C)C.[Cl][Pd][Cl]. The number of aryl methyl sites for hydroxylation is 4. The summed E-state index contributed by atoms with van der Waals surface area (Å²) in [4.78, 5) is 12.8. The molecule has 0 amide bonds. The van der Waals surface area contributed by atoms with Crippen molar-refractivity contribution in [3.05, 3.63) is 210 Å². The number of nitrogens with zero attached hydrogens (tertiary/aromatic N) is 10. The molecule has 2 fully saturated rings. The molecule has 12 rings (SSSR count). The first-order valence-electron chi connectivity index (χ1n) is 29.9. The second kappa shape index (κ2) is 32.0. The van der Waals surface area contributed by atoms with E-state index in [-0.39, 0.29) is 42.6 Å². The second-order valence-electron chi connectivity index (χ2n) is 25.4. The van der Waals surface area contributed by atoms with Crippen molar-refractivity contribution in [3.8, 4) is 28.3 Å². The van der Waals surface area contributed by atoms with E-state index < -0.39 is 0 Å². The van der Waals surface area contributed by atoms with Gasteiger partial charge in [-0.2, -0.15) is 27.7 Å². The predicted octanol–water partition coefficient (Wildman–Crippen LogP) is 16.8. The van der Waals surface area contributed by atoms with Crippen molar-refractivity contribution in [1.82, 2.24) is 39.5 Å². The number of benzene rings is 4. The van der Waals surface area contributed by atoms with Gasteiger partial charge < -0.3 is 19.5 Å². The molecule has 2 unspecified atom stereocenters. The van der Waals surface area contributed by atoms with Crippen LogP contribution in [-0.2, 0) is 52.5 Å². The number of anilines is 2. The summed E-state index contributed by atoms with van der Waals surface area (Å²) in [6.45, 7) is 30.9. The second-order valence-corrected chi connectivity index (χ2v) is 35.6. The van der Waals surface area contributed by atoms with Gasteiger partial charge in [0.2, 0.25) is 0 Å². The Labute approximate surface area is 558 Å². The van der Waals surface area contributed by atoms with E-state index in [0.29, 0.717) is 23.7 Å². The normalized spacial score (nSPS) is 15.0. The third kappa shape index (κ3) is 18.8. The zero-order valence-electron chi connectivity index (χ0n) is 54.2. The van der Waals surface area contributed by atoms with Crippen LogP contribution in [0, 0.1) is 11.3 Å². The van der Waals surface area contributed by atoms with Gasteiger partial charge in [0.15, 0.2) is 0 Å². The molecular formula is C70H87BBrCl2N10O2P2Pd-2. The van der Waals surface area contributed by atoms with E-state index in [2.05, 4.69) is 267 Å². The molecule has 2 aliphatic carbocycles. The Bertz CT molecular complexity index is 3510. The molecule has 1 N–H and O–H groups in total.